The van der Waals surface area contributed by atoms with Gasteiger partial charge in [-0.3, -0.25) is 0 Å². The van der Waals surface area contributed by atoms with E-state index in [0.717, 1.165) is 46.9 Å². The number of benzene rings is 1. The van der Waals surface area contributed by atoms with E-state index in [9.17, 15) is 5.26 Å². The lowest BCUT2D eigenvalue weighted by atomic mass is 9.72. The maximum absolute atomic E-state index is 9.79. The highest BCUT2D eigenvalue weighted by Crippen LogP contribution is 2.45. The molecular weight excluding hydrogens is 404 g/mol. The minimum absolute atomic E-state index is 0.285. The van der Waals surface area contributed by atoms with Crippen LogP contribution in [0.15, 0.2) is 23.2 Å². The van der Waals surface area contributed by atoms with Gasteiger partial charge in [0.15, 0.2) is 11.5 Å². The summed E-state index contributed by atoms with van der Waals surface area (Å²) in [7, 11) is 0. The van der Waals surface area contributed by atoms with Gasteiger partial charge in [-0.15, -0.1) is 11.3 Å². The number of nitrogens with zero attached hydrogens (tertiary/aromatic N) is 2. The quantitative estimate of drug-likeness (QED) is 0.439. The molecule has 4 nitrogen and oxygen atoms in total. The maximum Gasteiger partial charge on any atom is 0.161 e. The topological polar surface area (TPSA) is 54.6 Å². The molecule has 0 spiro atoms. The lowest BCUT2D eigenvalue weighted by molar-refractivity contribution is 0.218. The standard InChI is InChI=1S/C26H34N2O2S/c1-7-29-23-12-18(8-11-22(23)30-16-17(2)3)15-28-25-21(14-27)20-10-9-19(26(4,5)6)13-24(20)31-25/h8,11-12,15,17,19H,7,9-10,13,16H2,1-6H3/t19-/m0/s1. The summed E-state index contributed by atoms with van der Waals surface area (Å²) < 4.78 is 11.7. The third-order valence-electron chi connectivity index (χ3n) is 5.75. The fourth-order valence-corrected chi connectivity index (χ4v) is 5.12. The van der Waals surface area contributed by atoms with Crippen molar-refractivity contribution in [3.63, 3.8) is 0 Å². The van der Waals surface area contributed by atoms with Gasteiger partial charge in [-0.25, -0.2) is 4.99 Å². The Morgan fingerprint density at radius 3 is 2.68 bits per heavy atom. The van der Waals surface area contributed by atoms with E-state index in [1.807, 2.05) is 31.3 Å². The molecule has 0 bridgehead atoms. The van der Waals surface area contributed by atoms with E-state index in [0.29, 0.717) is 25.0 Å². The first-order chi connectivity index (χ1) is 14.7. The molecule has 1 aromatic heterocycles. The Balaban J connectivity index is 1.84. The van der Waals surface area contributed by atoms with E-state index in [1.165, 1.54) is 10.4 Å². The minimum Gasteiger partial charge on any atom is -0.490 e. The predicted octanol–water partition coefficient (Wildman–Crippen LogP) is 6.95. The van der Waals surface area contributed by atoms with Gasteiger partial charge in [0.05, 0.1) is 18.8 Å². The minimum atomic E-state index is 0.285. The third kappa shape index (κ3) is 5.68. The Morgan fingerprint density at radius 2 is 2.03 bits per heavy atom. The van der Waals surface area contributed by atoms with Crippen molar-refractivity contribution in [2.24, 2.45) is 22.2 Å². The summed E-state index contributed by atoms with van der Waals surface area (Å²) >= 11 is 1.68. The van der Waals surface area contributed by atoms with Crippen LogP contribution in [0.3, 0.4) is 0 Å². The lowest BCUT2D eigenvalue weighted by Crippen LogP contribution is -2.26. The van der Waals surface area contributed by atoms with Crippen LogP contribution in [0.25, 0.3) is 0 Å². The zero-order valence-corrected chi connectivity index (χ0v) is 20.4. The Labute approximate surface area is 190 Å². The van der Waals surface area contributed by atoms with Crippen LogP contribution in [0.5, 0.6) is 11.5 Å². The molecule has 2 aromatic rings. The maximum atomic E-state index is 9.79. The first-order valence-corrected chi connectivity index (χ1v) is 12.0. The first kappa shape index (κ1) is 23.3. The molecule has 1 aliphatic rings. The third-order valence-corrected chi connectivity index (χ3v) is 6.92. The van der Waals surface area contributed by atoms with Crippen molar-refractivity contribution >= 4 is 22.6 Å². The summed E-state index contributed by atoms with van der Waals surface area (Å²) in [6, 6.07) is 8.29. The van der Waals surface area contributed by atoms with Crippen molar-refractivity contribution in [2.45, 2.75) is 60.8 Å². The van der Waals surface area contributed by atoms with E-state index in [4.69, 9.17) is 14.5 Å². The van der Waals surface area contributed by atoms with Crippen molar-refractivity contribution in [3.05, 3.63) is 39.8 Å². The van der Waals surface area contributed by atoms with E-state index < -0.39 is 0 Å². The molecule has 0 aliphatic heterocycles. The van der Waals surface area contributed by atoms with Crippen LogP contribution in [0, 0.1) is 28.6 Å². The second-order valence-electron chi connectivity index (χ2n) is 9.70. The highest BCUT2D eigenvalue weighted by Gasteiger charge is 2.32. The zero-order valence-electron chi connectivity index (χ0n) is 19.6. The van der Waals surface area contributed by atoms with Gasteiger partial charge in [-0.2, -0.15) is 5.26 Å². The number of aliphatic imine (C=N–C) groups is 1. The summed E-state index contributed by atoms with van der Waals surface area (Å²) in [5.74, 6) is 2.58. The first-order valence-electron chi connectivity index (χ1n) is 11.2. The Bertz CT molecular complexity index is 977. The van der Waals surface area contributed by atoms with Gasteiger partial charge in [0.25, 0.3) is 0 Å². The molecule has 1 atom stereocenters. The number of thiophene rings is 1. The van der Waals surface area contributed by atoms with Crippen LogP contribution in [-0.4, -0.2) is 19.4 Å². The zero-order chi connectivity index (χ0) is 22.6. The van der Waals surface area contributed by atoms with Crippen molar-refractivity contribution in [2.75, 3.05) is 13.2 Å². The summed E-state index contributed by atoms with van der Waals surface area (Å²) in [4.78, 5) is 6.05. The Morgan fingerprint density at radius 1 is 1.26 bits per heavy atom. The number of ether oxygens (including phenoxy) is 2. The largest absolute Gasteiger partial charge is 0.490 e. The average Bonchev–Trinajstić information content (AvgIpc) is 3.07. The molecule has 0 amide bonds. The van der Waals surface area contributed by atoms with Crippen LogP contribution >= 0.6 is 11.3 Å². The molecule has 1 aromatic carbocycles. The highest BCUT2D eigenvalue weighted by atomic mass is 32.1. The Hall–Kier alpha value is -2.32. The fraction of sp³-hybridized carbons (Fsp3) is 0.538. The van der Waals surface area contributed by atoms with E-state index in [-0.39, 0.29) is 5.41 Å². The molecule has 0 saturated carbocycles. The number of rotatable bonds is 7. The fourth-order valence-electron chi connectivity index (χ4n) is 3.90. The molecule has 3 rings (SSSR count). The van der Waals surface area contributed by atoms with Gasteiger partial charge in [0, 0.05) is 11.1 Å². The van der Waals surface area contributed by atoms with Gasteiger partial charge in [0.1, 0.15) is 11.1 Å². The molecule has 0 saturated heterocycles. The van der Waals surface area contributed by atoms with Gasteiger partial charge in [-0.05, 0) is 72.8 Å². The van der Waals surface area contributed by atoms with Crippen LogP contribution in [0.1, 0.15) is 69.5 Å². The number of nitriles is 1. The second-order valence-corrected chi connectivity index (χ2v) is 10.8. The molecule has 5 heteroatoms. The second kappa shape index (κ2) is 9.87. The van der Waals surface area contributed by atoms with Gasteiger partial charge in [-0.1, -0.05) is 34.6 Å². The van der Waals surface area contributed by atoms with Crippen LogP contribution in [0.2, 0.25) is 0 Å². The molecule has 0 fully saturated rings. The van der Waals surface area contributed by atoms with Crippen molar-refractivity contribution in [1.82, 2.24) is 0 Å². The highest BCUT2D eigenvalue weighted by molar-refractivity contribution is 7.16. The van der Waals surface area contributed by atoms with E-state index in [2.05, 4.69) is 40.7 Å². The predicted molar refractivity (Wildman–Crippen MR) is 129 cm³/mol. The van der Waals surface area contributed by atoms with E-state index in [1.54, 1.807) is 11.3 Å². The van der Waals surface area contributed by atoms with Gasteiger partial charge >= 0.3 is 0 Å². The van der Waals surface area contributed by atoms with Crippen molar-refractivity contribution < 1.29 is 9.47 Å². The van der Waals surface area contributed by atoms with E-state index >= 15 is 0 Å². The SMILES string of the molecule is CCOc1cc(C=Nc2sc3c(c2C#N)CC[C@H](C(C)(C)C)C3)ccc1OCC(C)C. The van der Waals surface area contributed by atoms with Crippen LogP contribution < -0.4 is 9.47 Å². The lowest BCUT2D eigenvalue weighted by Gasteiger charge is -2.33. The number of hydrogen-bond donors (Lipinski definition) is 0. The van der Waals surface area contributed by atoms with Crippen molar-refractivity contribution in [3.8, 4) is 17.6 Å². The average molecular weight is 439 g/mol. The van der Waals surface area contributed by atoms with Gasteiger partial charge < -0.3 is 9.47 Å². The van der Waals surface area contributed by atoms with Crippen molar-refractivity contribution in [1.29, 1.82) is 5.26 Å². The monoisotopic (exact) mass is 438 g/mol. The molecule has 166 valence electrons. The number of fused-ring (bicyclic) bond motifs is 1. The van der Waals surface area contributed by atoms with Gasteiger partial charge in [0.2, 0.25) is 0 Å². The molecule has 0 unspecified atom stereocenters. The summed E-state index contributed by atoms with van der Waals surface area (Å²) in [6.07, 6.45) is 4.99. The summed E-state index contributed by atoms with van der Waals surface area (Å²) in [5, 5.41) is 10.6. The smallest absolute Gasteiger partial charge is 0.161 e. The summed E-state index contributed by atoms with van der Waals surface area (Å²) in [5.41, 5.74) is 3.19. The molecule has 1 aliphatic carbocycles. The molecular formula is C26H34N2O2S. The normalized spacial score (nSPS) is 16.4. The molecule has 0 N–H and O–H groups in total. The molecule has 1 heterocycles. The number of hydrogen-bond acceptors (Lipinski definition) is 5. The molecule has 31 heavy (non-hydrogen) atoms. The Kier molecular flexibility index (Phi) is 7.43. The van der Waals surface area contributed by atoms with Crippen LogP contribution in [-0.2, 0) is 12.8 Å². The molecule has 0 radical (unpaired) electrons. The summed E-state index contributed by atoms with van der Waals surface area (Å²) in [6.45, 7) is 14.4. The van der Waals surface area contributed by atoms with Crippen LogP contribution in [0.4, 0.5) is 5.00 Å².